The number of aromatic amines is 1. The zero-order chi connectivity index (χ0) is 28.6. The van der Waals surface area contributed by atoms with Gasteiger partial charge in [0, 0.05) is 45.8 Å². The number of hydrogen-bond acceptors (Lipinski definition) is 4. The number of nitrogens with one attached hydrogen (secondary N) is 2. The summed E-state index contributed by atoms with van der Waals surface area (Å²) in [7, 11) is 0. The van der Waals surface area contributed by atoms with Crippen molar-refractivity contribution < 1.29 is 19.5 Å². The van der Waals surface area contributed by atoms with E-state index in [-0.39, 0.29) is 12.1 Å². The SMILES string of the molecule is C=CC(C)(C)N1C(=O)[C@](O)(C[C@@H]2NC(=O)C3=Cc4c([nH]c5ccccc45)C(C)(C)C=CN3C2=O)c2ccccc21. The first kappa shape index (κ1) is 25.8. The predicted molar refractivity (Wildman–Crippen MR) is 154 cm³/mol. The fourth-order valence-electron chi connectivity index (χ4n) is 6.00. The minimum atomic E-state index is -2.01. The molecule has 8 nitrogen and oxygen atoms in total. The Labute approximate surface area is 232 Å². The summed E-state index contributed by atoms with van der Waals surface area (Å²) < 4.78 is 0. The molecule has 1 saturated heterocycles. The maximum absolute atomic E-state index is 13.9. The Morgan fingerprint density at radius 2 is 1.77 bits per heavy atom. The van der Waals surface area contributed by atoms with Crippen LogP contribution in [0.4, 0.5) is 5.69 Å². The zero-order valence-electron chi connectivity index (χ0n) is 23.0. The molecule has 0 aliphatic carbocycles. The lowest BCUT2D eigenvalue weighted by Crippen LogP contribution is -2.58. The molecular weight excluding hydrogens is 504 g/mol. The van der Waals surface area contributed by atoms with Crippen LogP contribution in [0.5, 0.6) is 0 Å². The molecule has 0 unspecified atom stereocenters. The molecular formula is C32H32N4O4. The number of rotatable bonds is 4. The average molecular weight is 537 g/mol. The Hall–Kier alpha value is -4.43. The minimum Gasteiger partial charge on any atom is -0.375 e. The van der Waals surface area contributed by atoms with Crippen LogP contribution < -0.4 is 10.2 Å². The van der Waals surface area contributed by atoms with Gasteiger partial charge < -0.3 is 20.3 Å². The highest BCUT2D eigenvalue weighted by Gasteiger charge is 2.55. The van der Waals surface area contributed by atoms with Gasteiger partial charge in [-0.05, 0) is 32.1 Å². The standard InChI is InChI=1S/C32H32N4O4/c1-6-31(4,5)36-24-14-10-8-12-21(24)32(40,29(36)39)18-23-28(38)35-16-15-30(2,3)26-20(17-25(35)27(37)34-23)19-11-7-9-13-22(19)33-26/h6-17,23,33,40H,1,18H2,2-5H3,(H,34,37)/t23-,32-/m0/s1. The maximum atomic E-state index is 13.9. The molecule has 3 aliphatic heterocycles. The van der Waals surface area contributed by atoms with Crippen LogP contribution in [0.15, 0.2) is 79.2 Å². The highest BCUT2D eigenvalue weighted by Crippen LogP contribution is 2.47. The molecule has 4 heterocycles. The number of benzene rings is 2. The van der Waals surface area contributed by atoms with E-state index in [0.29, 0.717) is 11.3 Å². The topological polar surface area (TPSA) is 106 Å². The maximum Gasteiger partial charge on any atom is 0.269 e. The fraction of sp³-hybridized carbons (Fsp3) is 0.281. The molecule has 204 valence electrons. The van der Waals surface area contributed by atoms with Crippen LogP contribution >= 0.6 is 0 Å². The fourth-order valence-corrected chi connectivity index (χ4v) is 6.00. The summed E-state index contributed by atoms with van der Waals surface area (Å²) in [6, 6.07) is 13.7. The second-order valence-electron chi connectivity index (χ2n) is 11.8. The number of H-pyrrole nitrogens is 1. The normalized spacial score (nSPS) is 23.7. The second-order valence-corrected chi connectivity index (χ2v) is 11.8. The summed E-state index contributed by atoms with van der Waals surface area (Å²) in [4.78, 5) is 47.6. The van der Waals surface area contributed by atoms with Crippen LogP contribution in [0.2, 0.25) is 0 Å². The van der Waals surface area contributed by atoms with Crippen molar-refractivity contribution in [2.45, 2.75) is 56.7 Å². The Morgan fingerprint density at radius 1 is 1.07 bits per heavy atom. The van der Waals surface area contributed by atoms with Gasteiger partial charge in [0.2, 0.25) is 0 Å². The van der Waals surface area contributed by atoms with Crippen LogP contribution in [0.25, 0.3) is 17.0 Å². The van der Waals surface area contributed by atoms with Crippen molar-refractivity contribution in [2.75, 3.05) is 4.90 Å². The molecule has 3 aromatic rings. The molecule has 8 heteroatoms. The number of piperazine rings is 1. The van der Waals surface area contributed by atoms with Crippen molar-refractivity contribution in [1.82, 2.24) is 15.2 Å². The number of anilines is 1. The van der Waals surface area contributed by atoms with E-state index < -0.39 is 40.3 Å². The van der Waals surface area contributed by atoms with Gasteiger partial charge in [0.15, 0.2) is 5.60 Å². The first-order valence-corrected chi connectivity index (χ1v) is 13.4. The van der Waals surface area contributed by atoms with E-state index in [0.717, 1.165) is 22.2 Å². The molecule has 1 fully saturated rings. The lowest BCUT2D eigenvalue weighted by atomic mass is 9.84. The summed E-state index contributed by atoms with van der Waals surface area (Å²) in [5, 5.41) is 15.6. The highest BCUT2D eigenvalue weighted by atomic mass is 16.3. The molecule has 0 spiro atoms. The number of aliphatic hydroxyl groups is 1. The van der Waals surface area contributed by atoms with Gasteiger partial charge in [-0.25, -0.2) is 0 Å². The molecule has 3 N–H and O–H groups in total. The number of aromatic nitrogens is 1. The third-order valence-corrected chi connectivity index (χ3v) is 8.37. The largest absolute Gasteiger partial charge is 0.375 e. The predicted octanol–water partition coefficient (Wildman–Crippen LogP) is 4.23. The van der Waals surface area contributed by atoms with Gasteiger partial charge in [-0.2, -0.15) is 0 Å². The van der Waals surface area contributed by atoms with Crippen LogP contribution in [0.3, 0.4) is 0 Å². The molecule has 3 amide bonds. The van der Waals surface area contributed by atoms with Crippen LogP contribution in [0.1, 0.15) is 50.9 Å². The Balaban J connectivity index is 1.41. The van der Waals surface area contributed by atoms with E-state index >= 15 is 0 Å². The van der Waals surface area contributed by atoms with Gasteiger partial charge in [-0.1, -0.05) is 62.4 Å². The Morgan fingerprint density at radius 3 is 2.52 bits per heavy atom. The highest BCUT2D eigenvalue weighted by molar-refractivity contribution is 6.11. The van der Waals surface area contributed by atoms with E-state index in [1.54, 1.807) is 42.6 Å². The van der Waals surface area contributed by atoms with Crippen LogP contribution in [-0.4, -0.2) is 44.3 Å². The molecule has 2 atom stereocenters. The Bertz CT molecular complexity index is 1680. The smallest absolute Gasteiger partial charge is 0.269 e. The molecule has 2 aromatic carbocycles. The molecule has 6 rings (SSSR count). The van der Waals surface area contributed by atoms with Gasteiger partial charge >= 0.3 is 0 Å². The van der Waals surface area contributed by atoms with E-state index in [9.17, 15) is 19.5 Å². The van der Waals surface area contributed by atoms with E-state index in [1.165, 1.54) is 9.80 Å². The van der Waals surface area contributed by atoms with Crippen molar-refractivity contribution >= 4 is 40.4 Å². The number of allylic oxidation sites excluding steroid dienone is 1. The lowest BCUT2D eigenvalue weighted by molar-refractivity contribution is -0.145. The molecule has 1 aromatic heterocycles. The van der Waals surface area contributed by atoms with Crippen LogP contribution in [-0.2, 0) is 25.4 Å². The summed E-state index contributed by atoms with van der Waals surface area (Å²) in [6.07, 6.45) is 6.58. The summed E-state index contributed by atoms with van der Waals surface area (Å²) in [5.41, 5.74) is 0.560. The average Bonchev–Trinajstić information content (AvgIpc) is 3.39. The summed E-state index contributed by atoms with van der Waals surface area (Å²) in [6.45, 7) is 11.6. The van der Waals surface area contributed by atoms with Crippen molar-refractivity contribution in [3.8, 4) is 0 Å². The van der Waals surface area contributed by atoms with Gasteiger partial charge in [-0.15, -0.1) is 6.58 Å². The molecule has 40 heavy (non-hydrogen) atoms. The van der Waals surface area contributed by atoms with Crippen LogP contribution in [0, 0.1) is 0 Å². The number of para-hydroxylation sites is 2. The van der Waals surface area contributed by atoms with Crippen molar-refractivity contribution in [3.05, 3.63) is 96.0 Å². The van der Waals surface area contributed by atoms with E-state index in [1.807, 2.05) is 58.0 Å². The van der Waals surface area contributed by atoms with Gasteiger partial charge in [-0.3, -0.25) is 19.3 Å². The zero-order valence-corrected chi connectivity index (χ0v) is 23.0. The quantitative estimate of drug-likeness (QED) is 0.434. The molecule has 0 radical (unpaired) electrons. The van der Waals surface area contributed by atoms with Gasteiger partial charge in [0.1, 0.15) is 11.7 Å². The summed E-state index contributed by atoms with van der Waals surface area (Å²) >= 11 is 0. The van der Waals surface area contributed by atoms with Crippen molar-refractivity contribution in [2.24, 2.45) is 0 Å². The first-order valence-electron chi connectivity index (χ1n) is 13.4. The number of carbonyl (C=O) groups excluding carboxylic acids is 3. The number of carbonyl (C=O) groups is 3. The number of hydrogen-bond donors (Lipinski definition) is 3. The van der Waals surface area contributed by atoms with Crippen molar-refractivity contribution in [3.63, 3.8) is 0 Å². The Kier molecular flexibility index (Phi) is 5.51. The lowest BCUT2D eigenvalue weighted by Gasteiger charge is -2.37. The first-order chi connectivity index (χ1) is 18.9. The van der Waals surface area contributed by atoms with E-state index in [4.69, 9.17) is 0 Å². The van der Waals surface area contributed by atoms with Gasteiger partial charge in [0.25, 0.3) is 17.7 Å². The number of fused-ring (bicyclic) bond motifs is 5. The van der Waals surface area contributed by atoms with Gasteiger partial charge in [0.05, 0.1) is 11.2 Å². The molecule has 0 bridgehead atoms. The minimum absolute atomic E-state index is 0.179. The third-order valence-electron chi connectivity index (χ3n) is 8.37. The molecule has 0 saturated carbocycles. The summed E-state index contributed by atoms with van der Waals surface area (Å²) in [5.74, 6) is -1.45. The number of amides is 3. The molecule has 3 aliphatic rings. The van der Waals surface area contributed by atoms with Crippen molar-refractivity contribution in [1.29, 1.82) is 0 Å². The third kappa shape index (κ3) is 3.59. The monoisotopic (exact) mass is 536 g/mol. The second kappa shape index (κ2) is 8.53. The van der Waals surface area contributed by atoms with E-state index in [2.05, 4.69) is 16.9 Å². The number of nitrogens with zero attached hydrogens (tertiary/aromatic N) is 2.